The lowest BCUT2D eigenvalue weighted by Crippen LogP contribution is -2.32. The van der Waals surface area contributed by atoms with Gasteiger partial charge in [-0.1, -0.05) is 0 Å². The quantitative estimate of drug-likeness (QED) is 0.715. The van der Waals surface area contributed by atoms with E-state index in [1.165, 1.54) is 4.57 Å². The number of fused-ring (bicyclic) bond motifs is 1. The number of imidazole rings is 1. The summed E-state index contributed by atoms with van der Waals surface area (Å²) < 4.78 is 3.22. The van der Waals surface area contributed by atoms with Crippen LogP contribution in [0, 0.1) is 6.92 Å². The Balaban J connectivity index is 2.18. The van der Waals surface area contributed by atoms with Crippen molar-refractivity contribution in [3.63, 3.8) is 0 Å². The monoisotopic (exact) mass is 327 g/mol. The molecule has 0 aliphatic heterocycles. The van der Waals surface area contributed by atoms with Gasteiger partial charge in [-0.2, -0.15) is 0 Å². The average molecular weight is 327 g/mol. The van der Waals surface area contributed by atoms with E-state index < -0.39 is 12.0 Å². The van der Waals surface area contributed by atoms with Gasteiger partial charge in [0.2, 0.25) is 0 Å². The van der Waals surface area contributed by atoms with Crippen LogP contribution in [-0.2, 0) is 18.3 Å². The molecule has 3 N–H and O–H groups in total. The van der Waals surface area contributed by atoms with Crippen molar-refractivity contribution in [2.75, 3.05) is 0 Å². The molecule has 3 aromatic heterocycles. The van der Waals surface area contributed by atoms with Crippen LogP contribution in [0.25, 0.3) is 16.9 Å². The summed E-state index contributed by atoms with van der Waals surface area (Å²) in [6, 6.07) is 2.47. The van der Waals surface area contributed by atoms with Crippen LogP contribution in [0.2, 0.25) is 0 Å². The van der Waals surface area contributed by atoms with E-state index in [9.17, 15) is 9.59 Å². The second-order valence-corrected chi connectivity index (χ2v) is 5.66. The number of hydrogen-bond donors (Lipinski definition) is 2. The number of hydrogen-bond acceptors (Lipinski definition) is 5. The van der Waals surface area contributed by atoms with Crippen LogP contribution in [0.5, 0.6) is 0 Å². The highest BCUT2D eigenvalue weighted by Gasteiger charge is 2.18. The third kappa shape index (κ3) is 2.67. The lowest BCUT2D eigenvalue weighted by atomic mass is 10.1. The molecular weight excluding hydrogens is 310 g/mol. The second kappa shape index (κ2) is 5.89. The maximum absolute atomic E-state index is 12.4. The number of nitrogens with zero attached hydrogens (tertiary/aromatic N) is 4. The zero-order valence-corrected chi connectivity index (χ0v) is 13.3. The Labute approximate surface area is 137 Å². The van der Waals surface area contributed by atoms with Gasteiger partial charge in [-0.15, -0.1) is 0 Å². The molecule has 0 bridgehead atoms. The van der Waals surface area contributed by atoms with Gasteiger partial charge >= 0.3 is 5.97 Å². The fourth-order valence-corrected chi connectivity index (χ4v) is 2.67. The van der Waals surface area contributed by atoms with Crippen molar-refractivity contribution in [3.05, 3.63) is 52.5 Å². The van der Waals surface area contributed by atoms with Crippen LogP contribution < -0.4 is 11.3 Å². The average Bonchev–Trinajstić information content (AvgIpc) is 3.01. The summed E-state index contributed by atoms with van der Waals surface area (Å²) in [5.41, 5.74) is 8.26. The van der Waals surface area contributed by atoms with E-state index in [4.69, 9.17) is 10.8 Å². The first-order valence-electron chi connectivity index (χ1n) is 7.36. The van der Waals surface area contributed by atoms with Crippen LogP contribution in [-0.4, -0.2) is 36.1 Å². The van der Waals surface area contributed by atoms with Gasteiger partial charge in [0.25, 0.3) is 5.56 Å². The molecule has 0 aliphatic rings. The molecule has 0 aromatic carbocycles. The lowest BCUT2D eigenvalue weighted by molar-refractivity contribution is -0.138. The molecule has 0 radical (unpaired) electrons. The Morgan fingerprint density at radius 2 is 2.17 bits per heavy atom. The van der Waals surface area contributed by atoms with Gasteiger partial charge in [-0.25, -0.2) is 9.97 Å². The van der Waals surface area contributed by atoms with Gasteiger partial charge in [0, 0.05) is 43.3 Å². The molecule has 124 valence electrons. The molecule has 1 unspecified atom stereocenters. The standard InChI is InChI=1S/C16H17N5O3/c1-9-8-20(2)15(22)13(19-9)11-4-3-10(7-12(17)16(23)24)21-6-5-18-14(11)21/h3-6,8,12H,7,17H2,1-2H3,(H,23,24). The predicted octanol–water partition coefficient (Wildman–Crippen LogP) is 0.358. The first-order valence-corrected chi connectivity index (χ1v) is 7.36. The molecule has 0 saturated heterocycles. The highest BCUT2D eigenvalue weighted by molar-refractivity contribution is 5.76. The second-order valence-electron chi connectivity index (χ2n) is 5.66. The molecule has 0 saturated carbocycles. The van der Waals surface area contributed by atoms with E-state index >= 15 is 0 Å². The fourth-order valence-electron chi connectivity index (χ4n) is 2.67. The molecule has 0 fully saturated rings. The molecule has 8 nitrogen and oxygen atoms in total. The minimum atomic E-state index is -1.07. The summed E-state index contributed by atoms with van der Waals surface area (Å²) in [5.74, 6) is -1.07. The van der Waals surface area contributed by atoms with E-state index in [1.807, 2.05) is 6.92 Å². The van der Waals surface area contributed by atoms with Gasteiger partial charge in [0.15, 0.2) is 0 Å². The van der Waals surface area contributed by atoms with Gasteiger partial charge in [0.05, 0.1) is 5.69 Å². The van der Waals surface area contributed by atoms with Crippen molar-refractivity contribution < 1.29 is 9.90 Å². The van der Waals surface area contributed by atoms with E-state index in [0.29, 0.717) is 28.3 Å². The molecule has 3 aromatic rings. The molecular formula is C16H17N5O3. The molecule has 1 atom stereocenters. The number of aromatic nitrogens is 4. The number of pyridine rings is 1. The number of rotatable bonds is 4. The van der Waals surface area contributed by atoms with Crippen LogP contribution in [0.4, 0.5) is 0 Å². The summed E-state index contributed by atoms with van der Waals surface area (Å²) in [5, 5.41) is 8.99. The van der Waals surface area contributed by atoms with E-state index in [2.05, 4.69) is 9.97 Å². The number of carbonyl (C=O) groups is 1. The van der Waals surface area contributed by atoms with Gasteiger partial charge in [-0.3, -0.25) is 9.59 Å². The Bertz CT molecular complexity index is 989. The minimum Gasteiger partial charge on any atom is -0.480 e. The zero-order chi connectivity index (χ0) is 17.4. The van der Waals surface area contributed by atoms with Crippen LogP contribution in [0.1, 0.15) is 11.4 Å². The normalized spacial score (nSPS) is 12.5. The van der Waals surface area contributed by atoms with Crippen molar-refractivity contribution in [3.8, 4) is 11.3 Å². The molecule has 3 heterocycles. The van der Waals surface area contributed by atoms with Crippen molar-refractivity contribution >= 4 is 11.6 Å². The number of aliphatic carboxylic acids is 1. The number of carboxylic acid groups (broad SMARTS) is 1. The maximum Gasteiger partial charge on any atom is 0.320 e. The summed E-state index contributed by atoms with van der Waals surface area (Å²) in [6.07, 6.45) is 5.12. The minimum absolute atomic E-state index is 0.154. The number of nitrogens with two attached hydrogens (primary N) is 1. The van der Waals surface area contributed by atoms with Gasteiger partial charge in [0.1, 0.15) is 17.4 Å². The topological polar surface area (TPSA) is 116 Å². The maximum atomic E-state index is 12.4. The molecule has 0 spiro atoms. The van der Waals surface area contributed by atoms with E-state index in [0.717, 1.165) is 0 Å². The Kier molecular flexibility index (Phi) is 3.90. The van der Waals surface area contributed by atoms with Crippen LogP contribution in [0.3, 0.4) is 0 Å². The first-order chi connectivity index (χ1) is 11.4. The van der Waals surface area contributed by atoms with Crippen LogP contribution in [0.15, 0.2) is 35.5 Å². The highest BCUT2D eigenvalue weighted by atomic mass is 16.4. The highest BCUT2D eigenvalue weighted by Crippen LogP contribution is 2.21. The Hall–Kier alpha value is -3.00. The third-order valence-corrected chi connectivity index (χ3v) is 3.83. The molecule has 0 amide bonds. The van der Waals surface area contributed by atoms with Gasteiger partial charge in [-0.05, 0) is 19.1 Å². The van der Waals surface area contributed by atoms with Crippen molar-refractivity contribution in [2.45, 2.75) is 19.4 Å². The summed E-state index contributed by atoms with van der Waals surface area (Å²) >= 11 is 0. The Morgan fingerprint density at radius 1 is 1.42 bits per heavy atom. The smallest absolute Gasteiger partial charge is 0.320 e. The van der Waals surface area contributed by atoms with E-state index in [1.54, 1.807) is 42.2 Å². The van der Waals surface area contributed by atoms with Gasteiger partial charge < -0.3 is 19.8 Å². The first kappa shape index (κ1) is 15.9. The predicted molar refractivity (Wildman–Crippen MR) is 87.7 cm³/mol. The summed E-state index contributed by atoms with van der Waals surface area (Å²) in [4.78, 5) is 32.0. The summed E-state index contributed by atoms with van der Waals surface area (Å²) in [7, 11) is 1.67. The van der Waals surface area contributed by atoms with Crippen molar-refractivity contribution in [1.82, 2.24) is 18.9 Å². The molecule has 0 aliphatic carbocycles. The van der Waals surface area contributed by atoms with Crippen molar-refractivity contribution in [2.24, 2.45) is 12.8 Å². The lowest BCUT2D eigenvalue weighted by Gasteiger charge is -2.12. The van der Waals surface area contributed by atoms with Crippen LogP contribution >= 0.6 is 0 Å². The summed E-state index contributed by atoms with van der Waals surface area (Å²) in [6.45, 7) is 1.81. The fraction of sp³-hybridized carbons (Fsp3) is 0.250. The zero-order valence-electron chi connectivity index (χ0n) is 13.3. The molecule has 3 rings (SSSR count). The number of carboxylic acids is 1. The van der Waals surface area contributed by atoms with Crippen molar-refractivity contribution in [1.29, 1.82) is 0 Å². The van der Waals surface area contributed by atoms with E-state index in [-0.39, 0.29) is 12.0 Å². The number of aryl methyl sites for hydroxylation is 2. The SMILES string of the molecule is Cc1cn(C)c(=O)c(-c2ccc(CC(N)C(=O)O)n3ccnc23)n1. The third-order valence-electron chi connectivity index (χ3n) is 3.83. The largest absolute Gasteiger partial charge is 0.480 e. The molecule has 24 heavy (non-hydrogen) atoms. The Morgan fingerprint density at radius 3 is 2.88 bits per heavy atom. The molecule has 8 heteroatoms.